The smallest absolute Gasteiger partial charge is 0.120 e. The predicted octanol–water partition coefficient (Wildman–Crippen LogP) is 3.86. The second-order valence-corrected chi connectivity index (χ2v) is 6.29. The first-order valence-corrected chi connectivity index (χ1v) is 8.38. The Balaban J connectivity index is 1.64. The van der Waals surface area contributed by atoms with Gasteiger partial charge in [-0.3, -0.25) is 0 Å². The van der Waals surface area contributed by atoms with Crippen LogP contribution in [0.4, 0.5) is 0 Å². The number of ether oxygens (including phenoxy) is 1. The molecule has 1 saturated carbocycles. The molecular formula is C18H27NO. The predicted molar refractivity (Wildman–Crippen MR) is 83.4 cm³/mol. The van der Waals surface area contributed by atoms with Crippen LogP contribution in [0.3, 0.4) is 0 Å². The largest absolute Gasteiger partial charge is 0.489 e. The maximum Gasteiger partial charge on any atom is 0.120 e. The maximum atomic E-state index is 6.29. The molecule has 0 aliphatic heterocycles. The van der Waals surface area contributed by atoms with E-state index < -0.39 is 0 Å². The molecule has 1 fully saturated rings. The van der Waals surface area contributed by atoms with E-state index in [0.717, 1.165) is 12.3 Å². The van der Waals surface area contributed by atoms with E-state index in [-0.39, 0.29) is 0 Å². The number of fused-ring (bicyclic) bond motifs is 1. The Bertz CT molecular complexity index is 443. The topological polar surface area (TPSA) is 21.3 Å². The molecule has 0 saturated heterocycles. The van der Waals surface area contributed by atoms with Gasteiger partial charge in [-0.2, -0.15) is 0 Å². The molecule has 2 atom stereocenters. The van der Waals surface area contributed by atoms with Gasteiger partial charge in [-0.15, -0.1) is 0 Å². The lowest BCUT2D eigenvalue weighted by molar-refractivity contribution is 0.174. The van der Waals surface area contributed by atoms with Gasteiger partial charge in [0.15, 0.2) is 0 Å². The van der Waals surface area contributed by atoms with Crippen molar-refractivity contribution in [2.24, 2.45) is 0 Å². The Morgan fingerprint density at radius 3 is 2.80 bits per heavy atom. The highest BCUT2D eigenvalue weighted by atomic mass is 16.5. The summed E-state index contributed by atoms with van der Waals surface area (Å²) in [4.78, 5) is 0. The standard InChI is InChI=1S/C18H27NO/c1-2-12-19-17-8-5-9-18(17)20-16-11-10-14-6-3-4-7-15(14)13-16/h10-11,13,17-19H,2-9,12H2,1H3. The van der Waals surface area contributed by atoms with Crippen LogP contribution in [0, 0.1) is 0 Å². The zero-order valence-corrected chi connectivity index (χ0v) is 12.7. The lowest BCUT2D eigenvalue weighted by Gasteiger charge is -2.23. The molecule has 2 heteroatoms. The fraction of sp³-hybridized carbons (Fsp3) is 0.667. The van der Waals surface area contributed by atoms with Gasteiger partial charge in [0.2, 0.25) is 0 Å². The summed E-state index contributed by atoms with van der Waals surface area (Å²) in [5.41, 5.74) is 3.06. The van der Waals surface area contributed by atoms with Gasteiger partial charge in [0.1, 0.15) is 11.9 Å². The molecule has 0 bridgehead atoms. The van der Waals surface area contributed by atoms with Gasteiger partial charge >= 0.3 is 0 Å². The second kappa shape index (κ2) is 6.62. The van der Waals surface area contributed by atoms with Crippen molar-refractivity contribution in [1.82, 2.24) is 5.32 Å². The quantitative estimate of drug-likeness (QED) is 0.879. The molecule has 0 spiro atoms. The van der Waals surface area contributed by atoms with Crippen LogP contribution in [-0.2, 0) is 12.8 Å². The minimum Gasteiger partial charge on any atom is -0.489 e. The van der Waals surface area contributed by atoms with E-state index in [1.165, 1.54) is 62.5 Å². The molecule has 20 heavy (non-hydrogen) atoms. The molecule has 2 unspecified atom stereocenters. The summed E-state index contributed by atoms with van der Waals surface area (Å²) in [7, 11) is 0. The van der Waals surface area contributed by atoms with Crippen LogP contribution < -0.4 is 10.1 Å². The summed E-state index contributed by atoms with van der Waals surface area (Å²) in [5, 5.41) is 3.64. The lowest BCUT2D eigenvalue weighted by atomic mass is 9.92. The molecule has 110 valence electrons. The van der Waals surface area contributed by atoms with Gasteiger partial charge in [0.25, 0.3) is 0 Å². The third kappa shape index (κ3) is 3.17. The minimum absolute atomic E-state index is 0.364. The molecule has 0 aromatic heterocycles. The average Bonchev–Trinajstić information content (AvgIpc) is 2.92. The maximum absolute atomic E-state index is 6.29. The van der Waals surface area contributed by atoms with Crippen molar-refractivity contribution in [1.29, 1.82) is 0 Å². The third-order valence-electron chi connectivity index (χ3n) is 4.72. The molecule has 2 nitrogen and oxygen atoms in total. The van der Waals surface area contributed by atoms with Gasteiger partial charge in [-0.1, -0.05) is 13.0 Å². The van der Waals surface area contributed by atoms with Crippen molar-refractivity contribution in [3.05, 3.63) is 29.3 Å². The summed E-state index contributed by atoms with van der Waals surface area (Å²) in [5.74, 6) is 1.08. The highest BCUT2D eigenvalue weighted by Crippen LogP contribution is 2.29. The molecule has 2 aliphatic rings. The Labute approximate surface area is 122 Å². The van der Waals surface area contributed by atoms with Crippen molar-refractivity contribution < 1.29 is 4.74 Å². The number of nitrogens with one attached hydrogen (secondary N) is 1. The summed E-state index contributed by atoms with van der Waals surface area (Å²) < 4.78 is 6.29. The monoisotopic (exact) mass is 273 g/mol. The van der Waals surface area contributed by atoms with E-state index in [1.54, 1.807) is 0 Å². The first-order chi connectivity index (χ1) is 9.86. The zero-order chi connectivity index (χ0) is 13.8. The molecule has 2 aliphatic carbocycles. The molecule has 0 amide bonds. The van der Waals surface area contributed by atoms with Crippen LogP contribution in [-0.4, -0.2) is 18.7 Å². The highest BCUT2D eigenvalue weighted by Gasteiger charge is 2.28. The molecule has 1 aromatic carbocycles. The Kier molecular flexibility index (Phi) is 4.62. The van der Waals surface area contributed by atoms with E-state index in [1.807, 2.05) is 0 Å². The fourth-order valence-corrected chi connectivity index (χ4v) is 3.59. The number of benzene rings is 1. The molecular weight excluding hydrogens is 246 g/mol. The lowest BCUT2D eigenvalue weighted by Crippen LogP contribution is -2.39. The van der Waals surface area contributed by atoms with E-state index in [9.17, 15) is 0 Å². The first-order valence-electron chi connectivity index (χ1n) is 8.38. The Hall–Kier alpha value is -1.02. The van der Waals surface area contributed by atoms with Gasteiger partial charge in [-0.25, -0.2) is 0 Å². The Morgan fingerprint density at radius 1 is 1.10 bits per heavy atom. The fourth-order valence-electron chi connectivity index (χ4n) is 3.59. The van der Waals surface area contributed by atoms with E-state index in [0.29, 0.717) is 12.1 Å². The van der Waals surface area contributed by atoms with E-state index in [4.69, 9.17) is 4.74 Å². The summed E-state index contributed by atoms with van der Waals surface area (Å²) >= 11 is 0. The number of aryl methyl sites for hydroxylation is 2. The minimum atomic E-state index is 0.364. The molecule has 1 N–H and O–H groups in total. The van der Waals surface area contributed by atoms with E-state index in [2.05, 4.69) is 30.4 Å². The number of hydrogen-bond acceptors (Lipinski definition) is 2. The van der Waals surface area contributed by atoms with Gasteiger partial charge in [0.05, 0.1) is 0 Å². The summed E-state index contributed by atoms with van der Waals surface area (Å²) in [6, 6.07) is 7.31. The molecule has 0 heterocycles. The van der Waals surface area contributed by atoms with Gasteiger partial charge < -0.3 is 10.1 Å². The van der Waals surface area contributed by atoms with Crippen LogP contribution in [0.2, 0.25) is 0 Å². The van der Waals surface area contributed by atoms with E-state index >= 15 is 0 Å². The van der Waals surface area contributed by atoms with Gasteiger partial charge in [0, 0.05) is 6.04 Å². The van der Waals surface area contributed by atoms with Crippen LogP contribution in [0.5, 0.6) is 5.75 Å². The van der Waals surface area contributed by atoms with Crippen LogP contribution in [0.15, 0.2) is 18.2 Å². The molecule has 3 rings (SSSR count). The third-order valence-corrected chi connectivity index (χ3v) is 4.72. The van der Waals surface area contributed by atoms with Crippen molar-refractivity contribution in [2.75, 3.05) is 6.54 Å². The zero-order valence-electron chi connectivity index (χ0n) is 12.7. The summed E-state index contributed by atoms with van der Waals surface area (Å²) in [6.07, 6.45) is 10.5. The van der Waals surface area contributed by atoms with Crippen LogP contribution >= 0.6 is 0 Å². The normalized spacial score (nSPS) is 25.4. The van der Waals surface area contributed by atoms with Gasteiger partial charge in [-0.05, 0) is 81.2 Å². The van der Waals surface area contributed by atoms with Crippen molar-refractivity contribution in [3.63, 3.8) is 0 Å². The van der Waals surface area contributed by atoms with Crippen molar-refractivity contribution in [2.45, 2.75) is 70.4 Å². The van der Waals surface area contributed by atoms with Crippen molar-refractivity contribution in [3.8, 4) is 5.75 Å². The first kappa shape index (κ1) is 13.9. The number of hydrogen-bond donors (Lipinski definition) is 1. The Morgan fingerprint density at radius 2 is 1.95 bits per heavy atom. The second-order valence-electron chi connectivity index (χ2n) is 6.29. The highest BCUT2D eigenvalue weighted by molar-refractivity contribution is 5.37. The van der Waals surface area contributed by atoms with Crippen LogP contribution in [0.1, 0.15) is 56.6 Å². The summed E-state index contributed by atoms with van der Waals surface area (Å²) in [6.45, 7) is 3.33. The van der Waals surface area contributed by atoms with Crippen LogP contribution in [0.25, 0.3) is 0 Å². The SMILES string of the molecule is CCCNC1CCCC1Oc1ccc2c(c1)CCCC2. The average molecular weight is 273 g/mol. The molecule has 1 aromatic rings. The van der Waals surface area contributed by atoms with Crippen molar-refractivity contribution >= 4 is 0 Å². The molecule has 0 radical (unpaired) electrons. The number of rotatable bonds is 5.